The number of anilines is 1. The first-order valence-electron chi connectivity index (χ1n) is 7.19. The summed E-state index contributed by atoms with van der Waals surface area (Å²) in [7, 11) is 0. The molecule has 1 heterocycles. The second kappa shape index (κ2) is 6.62. The fraction of sp³-hybridized carbons (Fsp3) is 0.0588. The quantitative estimate of drug-likeness (QED) is 0.341. The van der Waals surface area contributed by atoms with E-state index >= 15 is 0 Å². The van der Waals surface area contributed by atoms with Gasteiger partial charge in [-0.1, -0.05) is 42.5 Å². The molecule has 24 heavy (non-hydrogen) atoms. The van der Waals surface area contributed by atoms with Crippen LogP contribution in [0.2, 0.25) is 0 Å². The number of para-hydroxylation sites is 2. The maximum atomic E-state index is 12.4. The Morgan fingerprint density at radius 1 is 1.00 bits per heavy atom. The van der Waals surface area contributed by atoms with Gasteiger partial charge in [0.2, 0.25) is 5.52 Å². The summed E-state index contributed by atoms with van der Waals surface area (Å²) >= 11 is 0. The average molecular weight is 319 g/mol. The molecule has 1 aromatic heterocycles. The summed E-state index contributed by atoms with van der Waals surface area (Å²) in [6.45, 7) is 0.416. The van der Waals surface area contributed by atoms with Gasteiger partial charge in [0.05, 0.1) is 6.54 Å². The van der Waals surface area contributed by atoms with E-state index in [1.54, 1.807) is 18.2 Å². The van der Waals surface area contributed by atoms with Gasteiger partial charge in [-0.3, -0.25) is 0 Å². The first-order chi connectivity index (χ1) is 11.7. The van der Waals surface area contributed by atoms with E-state index in [-0.39, 0.29) is 22.5 Å². The molecule has 0 saturated heterocycles. The number of hydrogen-bond acceptors (Lipinski definition) is 4. The smallest absolute Gasteiger partial charge is 0.385 e. The molecule has 3 rings (SSSR count). The highest BCUT2D eigenvalue weighted by molar-refractivity contribution is 5.76. The van der Waals surface area contributed by atoms with Gasteiger partial charge in [0.15, 0.2) is 12.4 Å². The molecule has 118 valence electrons. The summed E-state index contributed by atoms with van der Waals surface area (Å²) in [5.41, 5.74) is 1.000. The number of rotatable bonds is 4. The Hall–Kier alpha value is -3.66. The molecule has 7 nitrogen and oxygen atoms in total. The Balaban J connectivity index is 1.91. The lowest BCUT2D eigenvalue weighted by Gasteiger charge is -2.11. The Kier molecular flexibility index (Phi) is 4.21. The number of nitrogens with zero attached hydrogens (tertiary/aromatic N) is 4. The lowest BCUT2D eigenvalue weighted by molar-refractivity contribution is -0.620. The zero-order chi connectivity index (χ0) is 16.9. The van der Waals surface area contributed by atoms with E-state index in [2.05, 4.69) is 10.3 Å². The van der Waals surface area contributed by atoms with Crippen molar-refractivity contribution < 1.29 is 9.46 Å². The molecule has 0 bridgehead atoms. The van der Waals surface area contributed by atoms with Crippen LogP contribution in [0, 0.1) is 21.7 Å². The summed E-state index contributed by atoms with van der Waals surface area (Å²) in [4.78, 5) is 4.15. The van der Waals surface area contributed by atoms with Crippen molar-refractivity contribution in [1.82, 2.24) is 0 Å². The van der Waals surface area contributed by atoms with Crippen molar-refractivity contribution in [2.24, 2.45) is 4.99 Å². The Morgan fingerprint density at radius 2 is 1.62 bits per heavy atom. The second-order valence-electron chi connectivity index (χ2n) is 4.99. The first-order valence-corrected chi connectivity index (χ1v) is 7.19. The van der Waals surface area contributed by atoms with Crippen molar-refractivity contribution in [2.45, 2.75) is 6.54 Å². The van der Waals surface area contributed by atoms with Crippen molar-refractivity contribution >= 4 is 23.2 Å². The standard InChI is InChI=1S/C17H13N5O2/c18-10-16-17(20-12-19-11-13-6-2-1-3-7-13)22(24)15-9-5-4-8-14(15)21(16)23/h1-9,12H,11H2,(H,19,20). The van der Waals surface area contributed by atoms with Crippen LogP contribution in [0.5, 0.6) is 0 Å². The molecule has 0 radical (unpaired) electrons. The van der Waals surface area contributed by atoms with E-state index in [0.29, 0.717) is 16.0 Å². The van der Waals surface area contributed by atoms with Gasteiger partial charge in [-0.15, -0.1) is 4.73 Å². The minimum atomic E-state index is -0.310. The predicted molar refractivity (Wildman–Crippen MR) is 88.8 cm³/mol. The lowest BCUT2D eigenvalue weighted by atomic mass is 10.2. The molecule has 0 atom stereocenters. The molecule has 7 heteroatoms. The Morgan fingerprint density at radius 3 is 2.29 bits per heavy atom. The van der Waals surface area contributed by atoms with Crippen molar-refractivity contribution in [3.8, 4) is 6.07 Å². The van der Waals surface area contributed by atoms with Crippen LogP contribution in [0.1, 0.15) is 11.3 Å². The third-order valence-electron chi connectivity index (χ3n) is 3.46. The van der Waals surface area contributed by atoms with Crippen LogP contribution < -0.4 is 14.8 Å². The van der Waals surface area contributed by atoms with Crippen molar-refractivity contribution in [2.75, 3.05) is 5.32 Å². The number of aromatic nitrogens is 2. The number of benzene rings is 2. The maximum Gasteiger partial charge on any atom is 0.385 e. The molecule has 0 amide bonds. The van der Waals surface area contributed by atoms with Crippen LogP contribution in [0.25, 0.3) is 11.0 Å². The minimum absolute atomic E-state index is 0.135. The van der Waals surface area contributed by atoms with Crippen LogP contribution in [0.15, 0.2) is 59.6 Å². The number of fused-ring (bicyclic) bond motifs is 1. The SMILES string of the molecule is N#Cc1c(NC=NCc2ccccc2)[n+]([O-])c2ccccc2[n+]1[O-]. The number of nitriles is 1. The molecule has 3 aromatic rings. The molecular formula is C17H13N5O2. The molecule has 0 saturated carbocycles. The van der Waals surface area contributed by atoms with E-state index in [1.807, 2.05) is 30.3 Å². The summed E-state index contributed by atoms with van der Waals surface area (Å²) in [5.74, 6) is -0.150. The van der Waals surface area contributed by atoms with Gasteiger partial charge in [0.1, 0.15) is 0 Å². The van der Waals surface area contributed by atoms with Gasteiger partial charge < -0.3 is 10.4 Å². The summed E-state index contributed by atoms with van der Waals surface area (Å²) in [5, 5.41) is 36.5. The first kappa shape index (κ1) is 15.2. The predicted octanol–water partition coefficient (Wildman–Crippen LogP) is 1.62. The van der Waals surface area contributed by atoms with Gasteiger partial charge in [-0.05, 0) is 11.6 Å². The lowest BCUT2D eigenvalue weighted by Crippen LogP contribution is -2.43. The highest BCUT2D eigenvalue weighted by atomic mass is 16.5. The molecule has 0 fully saturated rings. The molecular weight excluding hydrogens is 306 g/mol. The number of hydrogen-bond donors (Lipinski definition) is 1. The zero-order valence-electron chi connectivity index (χ0n) is 12.6. The highest BCUT2D eigenvalue weighted by Crippen LogP contribution is 2.11. The van der Waals surface area contributed by atoms with Crippen LogP contribution >= 0.6 is 0 Å². The fourth-order valence-corrected chi connectivity index (χ4v) is 2.31. The highest BCUT2D eigenvalue weighted by Gasteiger charge is 2.25. The van der Waals surface area contributed by atoms with Crippen LogP contribution in [-0.2, 0) is 6.54 Å². The molecule has 0 spiro atoms. The molecule has 0 aliphatic heterocycles. The number of aliphatic imine (C=N–C) groups is 1. The molecule has 0 aliphatic carbocycles. The molecule has 0 aliphatic rings. The third-order valence-corrected chi connectivity index (χ3v) is 3.46. The van der Waals surface area contributed by atoms with Crippen LogP contribution in [0.4, 0.5) is 5.82 Å². The van der Waals surface area contributed by atoms with Crippen molar-refractivity contribution in [3.63, 3.8) is 0 Å². The molecule has 0 unspecified atom stereocenters. The molecule has 2 aromatic carbocycles. The summed E-state index contributed by atoms with van der Waals surface area (Å²) < 4.78 is 0.966. The molecule has 1 N–H and O–H groups in total. The van der Waals surface area contributed by atoms with Gasteiger partial charge in [-0.25, -0.2) is 15.0 Å². The minimum Gasteiger partial charge on any atom is -0.710 e. The normalized spacial score (nSPS) is 10.8. The monoisotopic (exact) mass is 319 g/mol. The van der Waals surface area contributed by atoms with E-state index in [4.69, 9.17) is 0 Å². The summed E-state index contributed by atoms with van der Waals surface area (Å²) in [6, 6.07) is 17.6. The van der Waals surface area contributed by atoms with Gasteiger partial charge in [0.25, 0.3) is 5.52 Å². The average Bonchev–Trinajstić information content (AvgIpc) is 2.63. The van der Waals surface area contributed by atoms with Crippen molar-refractivity contribution in [3.05, 3.63) is 76.3 Å². The van der Waals surface area contributed by atoms with Gasteiger partial charge >= 0.3 is 11.5 Å². The Labute approximate surface area is 137 Å². The summed E-state index contributed by atoms with van der Waals surface area (Å²) in [6.07, 6.45) is 1.31. The second-order valence-corrected chi connectivity index (χ2v) is 4.99. The number of nitrogens with one attached hydrogen (secondary N) is 1. The van der Waals surface area contributed by atoms with E-state index < -0.39 is 0 Å². The van der Waals surface area contributed by atoms with Gasteiger partial charge in [-0.2, -0.15) is 5.26 Å². The van der Waals surface area contributed by atoms with Crippen molar-refractivity contribution in [1.29, 1.82) is 5.26 Å². The maximum absolute atomic E-state index is 12.4. The van der Waals surface area contributed by atoms with Crippen LogP contribution in [-0.4, -0.2) is 6.34 Å². The fourth-order valence-electron chi connectivity index (χ4n) is 2.31. The zero-order valence-corrected chi connectivity index (χ0v) is 12.6. The van der Waals surface area contributed by atoms with Gasteiger partial charge in [0, 0.05) is 6.07 Å². The Bertz CT molecular complexity index is 949. The van der Waals surface area contributed by atoms with E-state index in [9.17, 15) is 15.7 Å². The third kappa shape index (κ3) is 2.80. The van der Waals surface area contributed by atoms with E-state index in [0.717, 1.165) is 5.56 Å². The topological polar surface area (TPSA) is 102 Å². The largest absolute Gasteiger partial charge is 0.710 e. The van der Waals surface area contributed by atoms with Crippen LogP contribution in [0.3, 0.4) is 0 Å². The van der Waals surface area contributed by atoms with E-state index in [1.165, 1.54) is 18.5 Å².